The molecule has 1 aromatic carbocycles. The fourth-order valence-corrected chi connectivity index (χ4v) is 3.31. The number of benzene rings is 1. The minimum absolute atomic E-state index is 0.197. The van der Waals surface area contributed by atoms with Gasteiger partial charge in [-0.2, -0.15) is 0 Å². The third kappa shape index (κ3) is 2.05. The molecule has 1 saturated carbocycles. The maximum atomic E-state index is 13.0. The second-order valence-corrected chi connectivity index (χ2v) is 5.85. The molecule has 2 amide bonds. The fourth-order valence-electron chi connectivity index (χ4n) is 3.31. The van der Waals surface area contributed by atoms with Gasteiger partial charge in [-0.05, 0) is 41.9 Å². The third-order valence-electron chi connectivity index (χ3n) is 4.44. The monoisotopic (exact) mass is 261 g/mol. The van der Waals surface area contributed by atoms with Crippen molar-refractivity contribution >= 4 is 11.8 Å². The molecule has 0 radical (unpaired) electrons. The van der Waals surface area contributed by atoms with Gasteiger partial charge in [0.2, 0.25) is 11.8 Å². The molecule has 1 heterocycles. The summed E-state index contributed by atoms with van der Waals surface area (Å²) in [6, 6.07) is 6.03. The van der Waals surface area contributed by atoms with E-state index in [0.29, 0.717) is 12.3 Å². The Morgan fingerprint density at radius 2 is 1.84 bits per heavy atom. The molecule has 2 atom stereocenters. The van der Waals surface area contributed by atoms with Crippen molar-refractivity contribution in [2.45, 2.75) is 32.1 Å². The SMILES string of the molecule is CC1(C2CC2)CC(=O)NC(=O)C1c1ccc(F)cc1. The van der Waals surface area contributed by atoms with Crippen LogP contribution in [0.15, 0.2) is 24.3 Å². The van der Waals surface area contributed by atoms with Crippen molar-refractivity contribution in [2.75, 3.05) is 0 Å². The number of imide groups is 1. The molecule has 2 unspecified atom stereocenters. The fraction of sp³-hybridized carbons (Fsp3) is 0.467. The van der Waals surface area contributed by atoms with Crippen LogP contribution in [0, 0.1) is 17.2 Å². The van der Waals surface area contributed by atoms with Crippen LogP contribution in [0.1, 0.15) is 37.7 Å². The molecular formula is C15H16FNO2. The van der Waals surface area contributed by atoms with Crippen LogP contribution in [0.5, 0.6) is 0 Å². The van der Waals surface area contributed by atoms with Crippen molar-refractivity contribution in [1.29, 1.82) is 0 Å². The van der Waals surface area contributed by atoms with Crippen LogP contribution in [0.2, 0.25) is 0 Å². The number of carbonyl (C=O) groups is 2. The second kappa shape index (κ2) is 4.15. The molecule has 1 N–H and O–H groups in total. The van der Waals surface area contributed by atoms with E-state index in [-0.39, 0.29) is 29.0 Å². The molecule has 100 valence electrons. The highest BCUT2D eigenvalue weighted by Gasteiger charge is 2.53. The molecule has 19 heavy (non-hydrogen) atoms. The minimum atomic E-state index is -0.363. The van der Waals surface area contributed by atoms with Crippen LogP contribution < -0.4 is 5.32 Å². The molecule has 1 aliphatic carbocycles. The van der Waals surface area contributed by atoms with Crippen LogP contribution in [0.25, 0.3) is 0 Å². The normalized spacial score (nSPS) is 31.2. The lowest BCUT2D eigenvalue weighted by Gasteiger charge is -2.40. The Morgan fingerprint density at radius 1 is 1.21 bits per heavy atom. The Hall–Kier alpha value is -1.71. The van der Waals surface area contributed by atoms with Crippen molar-refractivity contribution in [1.82, 2.24) is 5.32 Å². The molecule has 0 aromatic heterocycles. The molecular weight excluding hydrogens is 245 g/mol. The maximum Gasteiger partial charge on any atom is 0.234 e. The van der Waals surface area contributed by atoms with E-state index in [1.165, 1.54) is 12.1 Å². The summed E-state index contributed by atoms with van der Waals surface area (Å²) >= 11 is 0. The van der Waals surface area contributed by atoms with E-state index < -0.39 is 0 Å². The summed E-state index contributed by atoms with van der Waals surface area (Å²) in [6.45, 7) is 2.01. The average Bonchev–Trinajstić information content (AvgIpc) is 3.14. The zero-order valence-electron chi connectivity index (χ0n) is 10.8. The van der Waals surface area contributed by atoms with Gasteiger partial charge in [-0.25, -0.2) is 4.39 Å². The topological polar surface area (TPSA) is 46.2 Å². The van der Waals surface area contributed by atoms with Gasteiger partial charge in [0.15, 0.2) is 0 Å². The summed E-state index contributed by atoms with van der Waals surface area (Å²) in [5.74, 6) is -0.713. The lowest BCUT2D eigenvalue weighted by atomic mass is 9.65. The quantitative estimate of drug-likeness (QED) is 0.831. The number of nitrogens with one attached hydrogen (secondary N) is 1. The predicted octanol–water partition coefficient (Wildman–Crippen LogP) is 2.37. The summed E-state index contributed by atoms with van der Waals surface area (Å²) in [6.07, 6.45) is 2.49. The molecule has 2 aliphatic rings. The van der Waals surface area contributed by atoms with Gasteiger partial charge in [0.25, 0.3) is 0 Å². The lowest BCUT2D eigenvalue weighted by molar-refractivity contribution is -0.140. The number of piperidine rings is 1. The Labute approximate surface area is 111 Å². The van der Waals surface area contributed by atoms with Crippen LogP contribution in [0.3, 0.4) is 0 Å². The molecule has 3 nitrogen and oxygen atoms in total. The summed E-state index contributed by atoms with van der Waals surface area (Å²) in [5.41, 5.74) is 0.456. The van der Waals surface area contributed by atoms with Crippen LogP contribution in [-0.2, 0) is 9.59 Å². The number of hydrogen-bond acceptors (Lipinski definition) is 2. The van der Waals surface area contributed by atoms with Crippen molar-refractivity contribution in [3.8, 4) is 0 Å². The molecule has 1 saturated heterocycles. The van der Waals surface area contributed by atoms with E-state index in [4.69, 9.17) is 0 Å². The van der Waals surface area contributed by atoms with E-state index in [9.17, 15) is 14.0 Å². The molecule has 0 spiro atoms. The highest BCUT2D eigenvalue weighted by atomic mass is 19.1. The first-order valence-electron chi connectivity index (χ1n) is 6.60. The van der Waals surface area contributed by atoms with Gasteiger partial charge >= 0.3 is 0 Å². The van der Waals surface area contributed by atoms with Crippen molar-refractivity contribution in [3.05, 3.63) is 35.6 Å². The van der Waals surface area contributed by atoms with Gasteiger partial charge in [0.1, 0.15) is 5.82 Å². The predicted molar refractivity (Wildman–Crippen MR) is 67.7 cm³/mol. The molecule has 3 rings (SSSR count). The number of carbonyl (C=O) groups excluding carboxylic acids is 2. The van der Waals surface area contributed by atoms with E-state index in [1.54, 1.807) is 12.1 Å². The van der Waals surface area contributed by atoms with Crippen molar-refractivity contribution < 1.29 is 14.0 Å². The first-order chi connectivity index (χ1) is 9.00. The molecule has 2 fully saturated rings. The second-order valence-electron chi connectivity index (χ2n) is 5.85. The highest BCUT2D eigenvalue weighted by Crippen LogP contribution is 2.56. The minimum Gasteiger partial charge on any atom is -0.296 e. The largest absolute Gasteiger partial charge is 0.296 e. The average molecular weight is 261 g/mol. The molecule has 1 aromatic rings. The number of halogens is 1. The number of amides is 2. The van der Waals surface area contributed by atoms with E-state index in [1.807, 2.05) is 6.92 Å². The van der Waals surface area contributed by atoms with Gasteiger partial charge in [-0.15, -0.1) is 0 Å². The Kier molecular flexibility index (Phi) is 2.69. The molecule has 1 aliphatic heterocycles. The molecule has 4 heteroatoms. The summed E-state index contributed by atoms with van der Waals surface area (Å²) in [5, 5.41) is 2.41. The van der Waals surface area contributed by atoms with E-state index in [2.05, 4.69) is 5.32 Å². The van der Waals surface area contributed by atoms with Crippen LogP contribution in [-0.4, -0.2) is 11.8 Å². The van der Waals surface area contributed by atoms with Crippen molar-refractivity contribution in [2.24, 2.45) is 11.3 Å². The Balaban J connectivity index is 2.02. The van der Waals surface area contributed by atoms with Gasteiger partial charge in [0, 0.05) is 6.42 Å². The maximum absolute atomic E-state index is 13.0. The van der Waals surface area contributed by atoms with Gasteiger partial charge in [0.05, 0.1) is 5.92 Å². The smallest absolute Gasteiger partial charge is 0.234 e. The standard InChI is InChI=1S/C15H16FNO2/c1-15(10-4-5-10)8-12(18)17-14(19)13(15)9-2-6-11(16)7-3-9/h2-3,6-7,10,13H,4-5,8H2,1H3,(H,17,18,19). The number of rotatable bonds is 2. The molecule has 0 bridgehead atoms. The van der Waals surface area contributed by atoms with Gasteiger partial charge in [-0.3, -0.25) is 14.9 Å². The zero-order valence-corrected chi connectivity index (χ0v) is 10.8. The highest BCUT2D eigenvalue weighted by molar-refractivity contribution is 6.02. The first kappa shape index (κ1) is 12.3. The Morgan fingerprint density at radius 3 is 2.42 bits per heavy atom. The summed E-state index contributed by atoms with van der Waals surface area (Å²) in [4.78, 5) is 23.9. The zero-order chi connectivity index (χ0) is 13.6. The van der Waals surface area contributed by atoms with E-state index in [0.717, 1.165) is 18.4 Å². The van der Waals surface area contributed by atoms with Gasteiger partial charge in [-0.1, -0.05) is 19.1 Å². The summed E-state index contributed by atoms with van der Waals surface area (Å²) < 4.78 is 13.0. The first-order valence-corrected chi connectivity index (χ1v) is 6.60. The van der Waals surface area contributed by atoms with Crippen LogP contribution in [0.4, 0.5) is 4.39 Å². The van der Waals surface area contributed by atoms with Crippen molar-refractivity contribution in [3.63, 3.8) is 0 Å². The summed E-state index contributed by atoms with van der Waals surface area (Å²) in [7, 11) is 0. The number of hydrogen-bond donors (Lipinski definition) is 1. The Bertz CT molecular complexity index is 536. The van der Waals surface area contributed by atoms with Gasteiger partial charge < -0.3 is 0 Å². The lowest BCUT2D eigenvalue weighted by Crippen LogP contribution is -2.50. The van der Waals surface area contributed by atoms with Crippen LogP contribution >= 0.6 is 0 Å². The van der Waals surface area contributed by atoms with E-state index >= 15 is 0 Å². The third-order valence-corrected chi connectivity index (χ3v) is 4.44.